The molecule has 6 nitrogen and oxygen atoms in total. The van der Waals surface area contributed by atoms with Crippen molar-refractivity contribution >= 4 is 40.3 Å². The predicted molar refractivity (Wildman–Crippen MR) is 138 cm³/mol. The number of hydrogen-bond donors (Lipinski definition) is 1. The minimum atomic E-state index is -0.903. The molecule has 2 aromatic carbocycles. The van der Waals surface area contributed by atoms with Crippen LogP contribution >= 0.6 is 11.8 Å². The number of carbonyl (C=O) groups excluding carboxylic acids is 3. The number of fused-ring (bicyclic) bond motifs is 1. The minimum absolute atomic E-state index is 0.217. The lowest BCUT2D eigenvalue weighted by atomic mass is 9.69. The normalized spacial score (nSPS) is 22.1. The number of dihydropyridines is 1. The van der Waals surface area contributed by atoms with Gasteiger partial charge in [0.15, 0.2) is 5.78 Å². The van der Waals surface area contributed by atoms with E-state index in [0.717, 1.165) is 27.8 Å². The highest BCUT2D eigenvalue weighted by Gasteiger charge is 2.47. The van der Waals surface area contributed by atoms with E-state index >= 15 is 0 Å². The van der Waals surface area contributed by atoms with Crippen LogP contribution in [0.15, 0.2) is 65.0 Å². The van der Waals surface area contributed by atoms with Gasteiger partial charge in [0.25, 0.3) is 0 Å². The third kappa shape index (κ3) is 4.87. The van der Waals surface area contributed by atoms with Crippen molar-refractivity contribution in [2.45, 2.75) is 33.1 Å². The zero-order chi connectivity index (χ0) is 25.1. The van der Waals surface area contributed by atoms with Crippen LogP contribution in [0.1, 0.15) is 38.7 Å². The quantitative estimate of drug-likeness (QED) is 0.339. The summed E-state index contributed by atoms with van der Waals surface area (Å²) in [6.45, 7) is 6.07. The lowest BCUT2D eigenvalue weighted by Gasteiger charge is -2.38. The average Bonchev–Trinajstić information content (AvgIpc) is 2.85. The predicted octanol–water partition coefficient (Wildman–Crippen LogP) is 4.75. The molecule has 7 heteroatoms. The smallest absolute Gasteiger partial charge is 0.336 e. The second-order valence-electron chi connectivity index (χ2n) is 8.97. The molecule has 4 rings (SSSR count). The molecular formula is C28H31NO5S. The second kappa shape index (κ2) is 10.7. The molecule has 0 radical (unpaired) electrons. The van der Waals surface area contributed by atoms with Gasteiger partial charge in [-0.25, -0.2) is 4.79 Å². The van der Waals surface area contributed by atoms with Gasteiger partial charge in [-0.1, -0.05) is 56.3 Å². The van der Waals surface area contributed by atoms with Crippen LogP contribution in [0.4, 0.5) is 0 Å². The van der Waals surface area contributed by atoms with Crippen molar-refractivity contribution in [3.05, 3.63) is 70.6 Å². The third-order valence-corrected chi connectivity index (χ3v) is 7.60. The van der Waals surface area contributed by atoms with Gasteiger partial charge in [-0.05, 0) is 41.4 Å². The summed E-state index contributed by atoms with van der Waals surface area (Å²) in [5, 5.41) is 5.38. The van der Waals surface area contributed by atoms with Gasteiger partial charge in [0, 0.05) is 28.6 Å². The van der Waals surface area contributed by atoms with Crippen molar-refractivity contribution in [1.29, 1.82) is 0 Å². The lowest BCUT2D eigenvalue weighted by molar-refractivity contribution is -0.151. The second-order valence-corrected chi connectivity index (χ2v) is 10.4. The fourth-order valence-corrected chi connectivity index (χ4v) is 5.58. The van der Waals surface area contributed by atoms with Gasteiger partial charge in [-0.3, -0.25) is 9.59 Å². The number of nitrogens with one attached hydrogen (secondary N) is 1. The van der Waals surface area contributed by atoms with Crippen LogP contribution < -0.4 is 5.32 Å². The van der Waals surface area contributed by atoms with E-state index in [2.05, 4.69) is 12.2 Å². The maximum Gasteiger partial charge on any atom is 0.336 e. The Morgan fingerprint density at radius 3 is 2.60 bits per heavy atom. The third-order valence-electron chi connectivity index (χ3n) is 6.73. The molecule has 35 heavy (non-hydrogen) atoms. The van der Waals surface area contributed by atoms with Gasteiger partial charge in [0.05, 0.1) is 12.7 Å². The first-order valence-electron chi connectivity index (χ1n) is 11.9. The molecule has 1 aliphatic carbocycles. The first kappa shape index (κ1) is 25.0. The van der Waals surface area contributed by atoms with E-state index in [0.29, 0.717) is 35.6 Å². The van der Waals surface area contributed by atoms with Crippen LogP contribution in [0.3, 0.4) is 0 Å². The number of Topliss-reactive ketones (excluding diaryl/α,β-unsaturated/α-hetero) is 1. The van der Waals surface area contributed by atoms with E-state index in [1.54, 1.807) is 11.8 Å². The Bertz CT molecular complexity index is 1230. The van der Waals surface area contributed by atoms with Crippen molar-refractivity contribution in [3.8, 4) is 0 Å². The molecule has 0 bridgehead atoms. The maximum atomic E-state index is 13.8. The number of esters is 2. The van der Waals surface area contributed by atoms with E-state index in [-0.39, 0.29) is 11.7 Å². The van der Waals surface area contributed by atoms with Crippen molar-refractivity contribution in [2.75, 3.05) is 25.2 Å². The van der Waals surface area contributed by atoms with Gasteiger partial charge in [0.2, 0.25) is 0 Å². The molecule has 3 atom stereocenters. The van der Waals surface area contributed by atoms with Gasteiger partial charge in [0.1, 0.15) is 12.5 Å². The summed E-state index contributed by atoms with van der Waals surface area (Å²) in [5.74, 6) is -1.39. The Kier molecular flexibility index (Phi) is 7.65. The molecular weight excluding hydrogens is 462 g/mol. The van der Waals surface area contributed by atoms with Crippen molar-refractivity contribution in [2.24, 2.45) is 11.8 Å². The largest absolute Gasteiger partial charge is 0.468 e. The molecule has 1 aliphatic heterocycles. The van der Waals surface area contributed by atoms with E-state index in [9.17, 15) is 14.4 Å². The van der Waals surface area contributed by atoms with Gasteiger partial charge < -0.3 is 14.8 Å². The van der Waals surface area contributed by atoms with Crippen molar-refractivity contribution in [1.82, 2.24) is 5.32 Å². The Labute approximate surface area is 210 Å². The molecule has 1 heterocycles. The monoisotopic (exact) mass is 493 g/mol. The van der Waals surface area contributed by atoms with E-state index < -0.39 is 23.8 Å². The topological polar surface area (TPSA) is 81.7 Å². The number of rotatable bonds is 7. The first-order chi connectivity index (χ1) is 16.9. The summed E-state index contributed by atoms with van der Waals surface area (Å²) in [7, 11) is 1.30. The van der Waals surface area contributed by atoms with Crippen molar-refractivity contribution in [3.63, 3.8) is 0 Å². The van der Waals surface area contributed by atoms with Gasteiger partial charge >= 0.3 is 11.9 Å². The number of hydrogen-bond acceptors (Lipinski definition) is 7. The van der Waals surface area contributed by atoms with Gasteiger partial charge in [-0.15, -0.1) is 0 Å². The summed E-state index contributed by atoms with van der Waals surface area (Å²) in [6, 6.07) is 13.9. The van der Waals surface area contributed by atoms with Crippen LogP contribution in [0.5, 0.6) is 0 Å². The number of ketones is 1. The van der Waals surface area contributed by atoms with Crippen LogP contribution in [0.2, 0.25) is 0 Å². The standard InChI is InChI=1S/C28H31NO5S/c1-5-35-13-12-34-28(32)23-17(3)29-21-14-16(2)22(27(31)33-4)26(30)25(21)24(23)20-11-10-18-8-6-7-9-19(18)15-20/h6-11,15-16,22,24,29H,5,12-14H2,1-4H3/t16-,22+,24+/m1/s1. The Morgan fingerprint density at radius 1 is 1.14 bits per heavy atom. The number of allylic oxidation sites excluding steroid dienone is 3. The molecule has 0 amide bonds. The van der Waals surface area contributed by atoms with Gasteiger partial charge in [-0.2, -0.15) is 11.8 Å². The molecule has 1 N–H and O–H groups in total. The molecule has 0 fully saturated rings. The van der Waals surface area contributed by atoms with E-state index in [4.69, 9.17) is 9.47 Å². The number of thioether (sulfide) groups is 1. The molecule has 0 unspecified atom stereocenters. The van der Waals surface area contributed by atoms with Crippen LogP contribution in [-0.4, -0.2) is 42.9 Å². The zero-order valence-corrected chi connectivity index (χ0v) is 21.4. The minimum Gasteiger partial charge on any atom is -0.468 e. The van der Waals surface area contributed by atoms with Crippen LogP contribution in [0.25, 0.3) is 10.8 Å². The van der Waals surface area contributed by atoms with Crippen molar-refractivity contribution < 1.29 is 23.9 Å². The number of benzene rings is 2. The Balaban J connectivity index is 1.82. The molecule has 0 saturated carbocycles. The first-order valence-corrected chi connectivity index (χ1v) is 13.1. The molecule has 0 aromatic heterocycles. The maximum absolute atomic E-state index is 13.8. The zero-order valence-electron chi connectivity index (χ0n) is 20.6. The Morgan fingerprint density at radius 2 is 1.89 bits per heavy atom. The number of ether oxygens (including phenoxy) is 2. The fraction of sp³-hybridized carbons (Fsp3) is 0.393. The molecule has 0 spiro atoms. The molecule has 184 valence electrons. The summed E-state index contributed by atoms with van der Waals surface area (Å²) < 4.78 is 10.6. The highest BCUT2D eigenvalue weighted by Crippen LogP contribution is 2.45. The highest BCUT2D eigenvalue weighted by atomic mass is 32.2. The SMILES string of the molecule is CCSCCOC(=O)C1=C(C)NC2=C(C(=O)[C@@H](C(=O)OC)[C@H](C)C2)[C@H]1c1ccc2ccccc2c1. The molecule has 2 aromatic rings. The average molecular weight is 494 g/mol. The fourth-order valence-electron chi connectivity index (χ4n) is 5.09. The number of carbonyl (C=O) groups is 3. The highest BCUT2D eigenvalue weighted by molar-refractivity contribution is 7.99. The summed E-state index contributed by atoms with van der Waals surface area (Å²) in [5.41, 5.74) is 3.11. The van der Waals surface area contributed by atoms with E-state index in [1.165, 1.54) is 7.11 Å². The number of methoxy groups -OCH3 is 1. The molecule has 0 saturated heterocycles. The van der Waals surface area contributed by atoms with Crippen LogP contribution in [-0.2, 0) is 23.9 Å². The summed E-state index contributed by atoms with van der Waals surface area (Å²) in [6.07, 6.45) is 0.512. The molecule has 2 aliphatic rings. The lowest BCUT2D eigenvalue weighted by Crippen LogP contribution is -2.43. The summed E-state index contributed by atoms with van der Waals surface area (Å²) >= 11 is 1.70. The van der Waals surface area contributed by atoms with E-state index in [1.807, 2.05) is 56.3 Å². The Hall–Kier alpha value is -3.06. The van der Waals surface area contributed by atoms with Crippen LogP contribution in [0, 0.1) is 11.8 Å². The summed E-state index contributed by atoms with van der Waals surface area (Å²) in [4.78, 5) is 39.8.